The van der Waals surface area contributed by atoms with Crippen molar-refractivity contribution in [3.8, 4) is 0 Å². The maximum atomic E-state index is 12.1. The minimum atomic E-state index is -0.776. The predicted molar refractivity (Wildman–Crippen MR) is 70.8 cm³/mol. The van der Waals surface area contributed by atoms with Crippen LogP contribution in [0.15, 0.2) is 12.1 Å². The van der Waals surface area contributed by atoms with Crippen LogP contribution in [-0.4, -0.2) is 36.2 Å². The van der Waals surface area contributed by atoms with E-state index in [1.807, 2.05) is 32.9 Å². The lowest BCUT2D eigenvalue weighted by Gasteiger charge is -2.37. The molecule has 0 saturated carbocycles. The molecule has 0 aromatic heterocycles. The molecule has 1 aromatic rings. The Morgan fingerprint density at radius 2 is 1.89 bits per heavy atom. The zero-order chi connectivity index (χ0) is 13.3. The molecule has 2 rings (SSSR count). The van der Waals surface area contributed by atoms with Crippen molar-refractivity contribution in [3.63, 3.8) is 0 Å². The van der Waals surface area contributed by atoms with E-state index in [0.29, 0.717) is 19.6 Å². The maximum absolute atomic E-state index is 12.1. The molecule has 1 heterocycles. The molecule has 1 saturated heterocycles. The minimum Gasteiger partial charge on any atom is -0.385 e. The third-order valence-corrected chi connectivity index (χ3v) is 3.39. The Morgan fingerprint density at radius 3 is 2.33 bits per heavy atom. The Kier molecular flexibility index (Phi) is 3.41. The second-order valence-electron chi connectivity index (χ2n) is 5.28. The zero-order valence-corrected chi connectivity index (χ0v) is 11.1. The summed E-state index contributed by atoms with van der Waals surface area (Å²) >= 11 is 0. The van der Waals surface area contributed by atoms with E-state index in [1.54, 1.807) is 0 Å². The molecular formula is C14H20N2O2. The number of aryl methyl sites for hydroxylation is 3. The number of rotatable bonds is 3. The average Bonchev–Trinajstić information content (AvgIpc) is 2.22. The Labute approximate surface area is 107 Å². The van der Waals surface area contributed by atoms with E-state index in [-0.39, 0.29) is 5.91 Å². The molecule has 1 fully saturated rings. The fourth-order valence-electron chi connectivity index (χ4n) is 2.41. The van der Waals surface area contributed by atoms with Crippen LogP contribution in [0.25, 0.3) is 0 Å². The summed E-state index contributed by atoms with van der Waals surface area (Å²) < 4.78 is 0. The number of benzene rings is 1. The third-order valence-electron chi connectivity index (χ3n) is 3.39. The first-order valence-corrected chi connectivity index (χ1v) is 6.20. The first kappa shape index (κ1) is 13.1. The summed E-state index contributed by atoms with van der Waals surface area (Å²) in [4.78, 5) is 12.1. The number of amides is 1. The molecule has 1 aliphatic heterocycles. The Morgan fingerprint density at radius 1 is 1.33 bits per heavy atom. The van der Waals surface area contributed by atoms with Gasteiger partial charge in [-0.2, -0.15) is 0 Å². The molecule has 0 aliphatic carbocycles. The fraction of sp³-hybridized carbons (Fsp3) is 0.500. The summed E-state index contributed by atoms with van der Waals surface area (Å²) in [5.41, 5.74) is 3.05. The van der Waals surface area contributed by atoms with Crippen LogP contribution < -0.4 is 10.6 Å². The van der Waals surface area contributed by atoms with Crippen LogP contribution in [0.4, 0.5) is 0 Å². The van der Waals surface area contributed by atoms with Crippen LogP contribution in [0, 0.1) is 20.8 Å². The van der Waals surface area contributed by atoms with Gasteiger partial charge in [0.1, 0.15) is 5.60 Å². The van der Waals surface area contributed by atoms with E-state index in [0.717, 1.165) is 22.3 Å². The lowest BCUT2D eigenvalue weighted by atomic mass is 9.96. The van der Waals surface area contributed by atoms with Crippen LogP contribution in [0.1, 0.15) is 27.0 Å². The van der Waals surface area contributed by atoms with Crippen LogP contribution in [0.3, 0.4) is 0 Å². The van der Waals surface area contributed by atoms with Gasteiger partial charge in [-0.1, -0.05) is 17.7 Å². The van der Waals surface area contributed by atoms with Crippen LogP contribution in [0.2, 0.25) is 0 Å². The molecule has 4 heteroatoms. The van der Waals surface area contributed by atoms with Crippen molar-refractivity contribution in [2.45, 2.75) is 26.4 Å². The highest BCUT2D eigenvalue weighted by atomic mass is 16.3. The van der Waals surface area contributed by atoms with Gasteiger partial charge in [-0.3, -0.25) is 4.79 Å². The van der Waals surface area contributed by atoms with Crippen molar-refractivity contribution in [2.75, 3.05) is 19.6 Å². The monoisotopic (exact) mass is 248 g/mol. The van der Waals surface area contributed by atoms with Crippen molar-refractivity contribution in [1.29, 1.82) is 0 Å². The Bertz CT molecular complexity index is 456. The average molecular weight is 248 g/mol. The van der Waals surface area contributed by atoms with Crippen molar-refractivity contribution in [2.24, 2.45) is 0 Å². The van der Waals surface area contributed by atoms with Crippen molar-refractivity contribution >= 4 is 5.91 Å². The van der Waals surface area contributed by atoms with Crippen molar-refractivity contribution in [3.05, 3.63) is 34.4 Å². The van der Waals surface area contributed by atoms with Crippen LogP contribution in [-0.2, 0) is 0 Å². The van der Waals surface area contributed by atoms with Gasteiger partial charge in [-0.25, -0.2) is 0 Å². The summed E-state index contributed by atoms with van der Waals surface area (Å²) in [5.74, 6) is -0.106. The molecule has 98 valence electrons. The first-order chi connectivity index (χ1) is 8.41. The van der Waals surface area contributed by atoms with Gasteiger partial charge in [0.15, 0.2) is 0 Å². The number of hydrogen-bond acceptors (Lipinski definition) is 3. The van der Waals surface area contributed by atoms with Crippen molar-refractivity contribution < 1.29 is 9.90 Å². The van der Waals surface area contributed by atoms with E-state index >= 15 is 0 Å². The SMILES string of the molecule is Cc1cc(C)c(C(=O)NCC2(O)CNC2)c(C)c1. The van der Waals surface area contributed by atoms with E-state index < -0.39 is 5.60 Å². The predicted octanol–water partition coefficient (Wildman–Crippen LogP) is 0.676. The summed E-state index contributed by atoms with van der Waals surface area (Å²) in [6, 6.07) is 4.00. The summed E-state index contributed by atoms with van der Waals surface area (Å²) in [6.07, 6.45) is 0. The molecule has 0 radical (unpaired) electrons. The van der Waals surface area contributed by atoms with E-state index in [9.17, 15) is 9.90 Å². The third kappa shape index (κ3) is 2.54. The molecule has 3 N–H and O–H groups in total. The van der Waals surface area contributed by atoms with E-state index in [4.69, 9.17) is 0 Å². The lowest BCUT2D eigenvalue weighted by molar-refractivity contribution is -0.00761. The van der Waals surface area contributed by atoms with Gasteiger partial charge in [0.2, 0.25) is 0 Å². The highest BCUT2D eigenvalue weighted by molar-refractivity contribution is 5.97. The van der Waals surface area contributed by atoms with Crippen LogP contribution >= 0.6 is 0 Å². The first-order valence-electron chi connectivity index (χ1n) is 6.20. The molecular weight excluding hydrogens is 228 g/mol. The Balaban J connectivity index is 2.09. The zero-order valence-electron chi connectivity index (χ0n) is 11.1. The van der Waals surface area contributed by atoms with Gasteiger partial charge in [0.25, 0.3) is 5.91 Å². The molecule has 0 atom stereocenters. The van der Waals surface area contributed by atoms with Gasteiger partial charge in [-0.05, 0) is 31.9 Å². The molecule has 4 nitrogen and oxygen atoms in total. The molecule has 18 heavy (non-hydrogen) atoms. The molecule has 1 amide bonds. The normalized spacial score (nSPS) is 17.1. The number of nitrogens with one attached hydrogen (secondary N) is 2. The highest BCUT2D eigenvalue weighted by Crippen LogP contribution is 2.16. The summed E-state index contributed by atoms with van der Waals surface area (Å²) in [6.45, 7) is 7.28. The largest absolute Gasteiger partial charge is 0.385 e. The summed E-state index contributed by atoms with van der Waals surface area (Å²) in [5, 5.41) is 15.7. The highest BCUT2D eigenvalue weighted by Gasteiger charge is 2.34. The topological polar surface area (TPSA) is 61.4 Å². The summed E-state index contributed by atoms with van der Waals surface area (Å²) in [7, 11) is 0. The van der Waals surface area contributed by atoms with Crippen molar-refractivity contribution in [1.82, 2.24) is 10.6 Å². The molecule has 1 aromatic carbocycles. The second-order valence-corrected chi connectivity index (χ2v) is 5.28. The number of carbonyl (C=O) groups excluding carboxylic acids is 1. The second kappa shape index (κ2) is 4.71. The van der Waals surface area contributed by atoms with Gasteiger partial charge >= 0.3 is 0 Å². The molecule has 0 unspecified atom stereocenters. The Hall–Kier alpha value is -1.39. The van der Waals surface area contributed by atoms with Crippen LogP contribution in [0.5, 0.6) is 0 Å². The number of carbonyl (C=O) groups is 1. The van der Waals surface area contributed by atoms with Gasteiger partial charge < -0.3 is 15.7 Å². The van der Waals surface area contributed by atoms with Gasteiger partial charge in [-0.15, -0.1) is 0 Å². The van der Waals surface area contributed by atoms with E-state index in [1.165, 1.54) is 0 Å². The maximum Gasteiger partial charge on any atom is 0.251 e. The number of β-amino-alcohol motifs (C(OH)–C–C–N with tert-alkyl or cyclic N) is 1. The van der Waals surface area contributed by atoms with Gasteiger partial charge in [0.05, 0.1) is 0 Å². The standard InChI is InChI=1S/C14H20N2O2/c1-9-4-10(2)12(11(3)5-9)13(17)16-8-14(18)6-15-7-14/h4-5,15,18H,6-8H2,1-3H3,(H,16,17). The molecule has 1 aliphatic rings. The molecule has 0 bridgehead atoms. The molecule has 0 spiro atoms. The minimum absolute atomic E-state index is 0.106. The lowest BCUT2D eigenvalue weighted by Crippen LogP contribution is -2.64. The fourth-order valence-corrected chi connectivity index (χ4v) is 2.41. The smallest absolute Gasteiger partial charge is 0.251 e. The number of hydrogen-bond donors (Lipinski definition) is 3. The number of aliphatic hydroxyl groups is 1. The van der Waals surface area contributed by atoms with E-state index in [2.05, 4.69) is 10.6 Å². The quantitative estimate of drug-likeness (QED) is 0.737. The van der Waals surface area contributed by atoms with Gasteiger partial charge in [0, 0.05) is 25.2 Å².